The van der Waals surface area contributed by atoms with Crippen LogP contribution in [0.5, 0.6) is 6.08 Å². The molecule has 78 valence electrons. The Bertz CT molecular complexity index is 502. The molecule has 0 aliphatic heterocycles. The quantitative estimate of drug-likeness (QED) is 0.706. The number of aryl methyl sites for hydroxylation is 1. The third-order valence-corrected chi connectivity index (χ3v) is 2.01. The highest BCUT2D eigenvalue weighted by Crippen LogP contribution is 2.21. The number of oxazole rings is 1. The maximum Gasteiger partial charge on any atom is 0.402 e. The minimum atomic E-state index is -0.349. The molecule has 2 rings (SSSR count). The highest BCUT2D eigenvalue weighted by atomic mass is 16.6. The molecule has 0 aliphatic carbocycles. The van der Waals surface area contributed by atoms with E-state index in [9.17, 15) is 4.79 Å². The number of carbonyl (C=O) groups excluding carboxylic acids is 1. The monoisotopic (exact) mass is 205 g/mol. The lowest BCUT2D eigenvalue weighted by atomic mass is 10.2. The van der Waals surface area contributed by atoms with Crippen LogP contribution < -0.4 is 4.74 Å². The zero-order chi connectivity index (χ0) is 10.8. The molecule has 2 aromatic rings. The first-order chi connectivity index (χ1) is 7.19. The second-order valence-corrected chi connectivity index (χ2v) is 3.28. The van der Waals surface area contributed by atoms with Crippen LogP contribution in [0.25, 0.3) is 11.1 Å². The molecule has 1 aromatic carbocycles. The van der Waals surface area contributed by atoms with Crippen molar-refractivity contribution < 1.29 is 13.9 Å². The van der Waals surface area contributed by atoms with E-state index < -0.39 is 0 Å². The van der Waals surface area contributed by atoms with Gasteiger partial charge in [0.05, 0.1) is 0 Å². The molecule has 4 heteroatoms. The average Bonchev–Trinajstić information content (AvgIpc) is 2.59. The Labute approximate surface area is 86.9 Å². The van der Waals surface area contributed by atoms with Crippen LogP contribution in [0.1, 0.15) is 18.9 Å². The summed E-state index contributed by atoms with van der Waals surface area (Å²) in [5.41, 5.74) is 2.41. The zero-order valence-corrected chi connectivity index (χ0v) is 8.61. The first-order valence-electron chi connectivity index (χ1n) is 4.77. The Hall–Kier alpha value is -1.84. The molecule has 0 radical (unpaired) electrons. The molecule has 0 fully saturated rings. The van der Waals surface area contributed by atoms with E-state index in [0.717, 1.165) is 5.56 Å². The minimum absolute atomic E-state index is 0.0162. The molecule has 0 unspecified atom stereocenters. The Morgan fingerprint density at radius 2 is 2.33 bits per heavy atom. The highest BCUT2D eigenvalue weighted by molar-refractivity contribution is 5.75. The van der Waals surface area contributed by atoms with Crippen LogP contribution in [0.4, 0.5) is 0 Å². The minimum Gasteiger partial charge on any atom is -0.409 e. The van der Waals surface area contributed by atoms with Crippen LogP contribution in [0.3, 0.4) is 0 Å². The van der Waals surface area contributed by atoms with Gasteiger partial charge in [-0.2, -0.15) is 4.98 Å². The number of benzene rings is 1. The van der Waals surface area contributed by atoms with E-state index in [0.29, 0.717) is 17.5 Å². The smallest absolute Gasteiger partial charge is 0.402 e. The van der Waals surface area contributed by atoms with Gasteiger partial charge in [-0.15, -0.1) is 0 Å². The van der Waals surface area contributed by atoms with Crippen molar-refractivity contribution in [2.45, 2.75) is 20.3 Å². The lowest BCUT2D eigenvalue weighted by Gasteiger charge is -1.93. The van der Waals surface area contributed by atoms with E-state index in [4.69, 9.17) is 9.15 Å². The molecular weight excluding hydrogens is 194 g/mol. The van der Waals surface area contributed by atoms with Crippen LogP contribution >= 0.6 is 0 Å². The molecule has 0 bridgehead atoms. The summed E-state index contributed by atoms with van der Waals surface area (Å²) in [4.78, 5) is 15.1. The molecule has 15 heavy (non-hydrogen) atoms. The maximum absolute atomic E-state index is 11.0. The van der Waals surface area contributed by atoms with Gasteiger partial charge >= 0.3 is 12.0 Å². The van der Waals surface area contributed by atoms with Crippen LogP contribution in [0.2, 0.25) is 0 Å². The molecule has 1 heterocycles. The second kappa shape index (κ2) is 3.73. The van der Waals surface area contributed by atoms with E-state index in [2.05, 4.69) is 4.98 Å². The topological polar surface area (TPSA) is 52.3 Å². The predicted octanol–water partition coefficient (Wildman–Crippen LogP) is 2.45. The van der Waals surface area contributed by atoms with Crippen molar-refractivity contribution in [3.05, 3.63) is 23.8 Å². The predicted molar refractivity (Wildman–Crippen MR) is 54.7 cm³/mol. The highest BCUT2D eigenvalue weighted by Gasteiger charge is 2.09. The SMILES string of the molecule is CCC(=O)Oc1nc2cc(C)ccc2o1. The zero-order valence-electron chi connectivity index (χ0n) is 8.61. The van der Waals surface area contributed by atoms with Crippen molar-refractivity contribution in [3.63, 3.8) is 0 Å². The van der Waals surface area contributed by atoms with Crippen molar-refractivity contribution in [1.29, 1.82) is 0 Å². The molecule has 0 spiro atoms. The largest absolute Gasteiger partial charge is 0.409 e. The van der Waals surface area contributed by atoms with Crippen molar-refractivity contribution >= 4 is 17.1 Å². The fourth-order valence-electron chi connectivity index (χ4n) is 1.23. The summed E-state index contributed by atoms with van der Waals surface area (Å²) >= 11 is 0. The molecule has 0 atom stereocenters. The Morgan fingerprint density at radius 1 is 1.53 bits per heavy atom. The molecular formula is C11H11NO3. The molecule has 0 N–H and O–H groups in total. The van der Waals surface area contributed by atoms with Crippen molar-refractivity contribution in [3.8, 4) is 6.08 Å². The lowest BCUT2D eigenvalue weighted by molar-refractivity contribution is -0.135. The normalized spacial score (nSPS) is 10.5. The first-order valence-corrected chi connectivity index (χ1v) is 4.77. The maximum atomic E-state index is 11.0. The number of hydrogen-bond acceptors (Lipinski definition) is 4. The summed E-state index contributed by atoms with van der Waals surface area (Å²) in [6, 6.07) is 5.60. The molecule has 0 amide bonds. The van der Waals surface area contributed by atoms with Crippen LogP contribution in [-0.4, -0.2) is 11.0 Å². The summed E-state index contributed by atoms with van der Waals surface area (Å²) < 4.78 is 10.1. The van der Waals surface area contributed by atoms with Gasteiger partial charge < -0.3 is 9.15 Å². The van der Waals surface area contributed by atoms with Gasteiger partial charge in [-0.1, -0.05) is 13.0 Å². The van der Waals surface area contributed by atoms with Gasteiger partial charge in [-0.25, -0.2) is 0 Å². The number of esters is 1. The number of fused-ring (bicyclic) bond motifs is 1. The van der Waals surface area contributed by atoms with Crippen LogP contribution in [0, 0.1) is 6.92 Å². The van der Waals surface area contributed by atoms with Gasteiger partial charge in [0.1, 0.15) is 5.52 Å². The van der Waals surface area contributed by atoms with Gasteiger partial charge in [-0.05, 0) is 24.6 Å². The molecule has 4 nitrogen and oxygen atoms in total. The van der Waals surface area contributed by atoms with Crippen LogP contribution in [-0.2, 0) is 4.79 Å². The molecule has 0 saturated heterocycles. The average molecular weight is 205 g/mol. The van der Waals surface area contributed by atoms with Crippen molar-refractivity contribution in [2.75, 3.05) is 0 Å². The number of hydrogen-bond donors (Lipinski definition) is 0. The van der Waals surface area contributed by atoms with E-state index in [1.807, 2.05) is 19.1 Å². The molecule has 0 aliphatic rings. The summed E-state index contributed by atoms with van der Waals surface area (Å²) in [6.45, 7) is 3.68. The Morgan fingerprint density at radius 3 is 3.07 bits per heavy atom. The van der Waals surface area contributed by atoms with Gasteiger partial charge in [-0.3, -0.25) is 4.79 Å². The van der Waals surface area contributed by atoms with Gasteiger partial charge in [0.2, 0.25) is 0 Å². The van der Waals surface area contributed by atoms with E-state index >= 15 is 0 Å². The van der Waals surface area contributed by atoms with Gasteiger partial charge in [0, 0.05) is 6.42 Å². The molecule has 1 aromatic heterocycles. The first kappa shape index (κ1) is 9.71. The summed E-state index contributed by atoms with van der Waals surface area (Å²) in [5.74, 6) is -0.349. The van der Waals surface area contributed by atoms with Gasteiger partial charge in [0.15, 0.2) is 5.58 Å². The summed E-state index contributed by atoms with van der Waals surface area (Å²) in [6.07, 6.45) is 0.319. The van der Waals surface area contributed by atoms with E-state index in [1.165, 1.54) is 0 Å². The third kappa shape index (κ3) is 1.98. The molecule has 0 saturated carbocycles. The van der Waals surface area contributed by atoms with E-state index in [-0.39, 0.29) is 12.0 Å². The van der Waals surface area contributed by atoms with Crippen LogP contribution in [0.15, 0.2) is 22.6 Å². The number of carbonyl (C=O) groups is 1. The number of aromatic nitrogens is 1. The summed E-state index contributed by atoms with van der Waals surface area (Å²) in [7, 11) is 0. The van der Waals surface area contributed by atoms with Gasteiger partial charge in [0.25, 0.3) is 0 Å². The Balaban J connectivity index is 2.34. The summed E-state index contributed by atoms with van der Waals surface area (Å²) in [5, 5.41) is 0. The number of rotatable bonds is 2. The number of ether oxygens (including phenoxy) is 1. The fraction of sp³-hybridized carbons (Fsp3) is 0.273. The van der Waals surface area contributed by atoms with Crippen molar-refractivity contribution in [1.82, 2.24) is 4.98 Å². The fourth-order valence-corrected chi connectivity index (χ4v) is 1.23. The Kier molecular flexibility index (Phi) is 2.41. The van der Waals surface area contributed by atoms with E-state index in [1.54, 1.807) is 13.0 Å². The lowest BCUT2D eigenvalue weighted by Crippen LogP contribution is -2.05. The number of nitrogens with zero attached hydrogens (tertiary/aromatic N) is 1. The van der Waals surface area contributed by atoms with Crippen molar-refractivity contribution in [2.24, 2.45) is 0 Å². The standard InChI is InChI=1S/C11H11NO3/c1-3-10(13)15-11-12-8-6-7(2)4-5-9(8)14-11/h4-6H,3H2,1-2H3. The third-order valence-electron chi connectivity index (χ3n) is 2.01. The second-order valence-electron chi connectivity index (χ2n) is 3.28.